The molecule has 37 heavy (non-hydrogen) atoms. The van der Waals surface area contributed by atoms with Crippen LogP contribution >= 0.6 is 0 Å². The third-order valence-electron chi connectivity index (χ3n) is 5.64. The minimum atomic E-state index is -0.582. The number of pyridine rings is 1. The van der Waals surface area contributed by atoms with Crippen LogP contribution in [-0.4, -0.2) is 32.4 Å². The van der Waals surface area contributed by atoms with E-state index in [-0.39, 0.29) is 12.2 Å². The fourth-order valence-electron chi connectivity index (χ4n) is 3.80. The van der Waals surface area contributed by atoms with Crippen LogP contribution in [0, 0.1) is 6.92 Å². The van der Waals surface area contributed by atoms with E-state index in [0.29, 0.717) is 23.5 Å². The maximum absolute atomic E-state index is 12.9. The zero-order chi connectivity index (χ0) is 26.4. The number of carbonyl (C=O) groups excluding carboxylic acids is 2. The fourth-order valence-corrected chi connectivity index (χ4v) is 3.80. The van der Waals surface area contributed by atoms with Crippen molar-refractivity contribution in [2.45, 2.75) is 46.1 Å². The van der Waals surface area contributed by atoms with E-state index in [1.165, 1.54) is 0 Å². The smallest absolute Gasteiger partial charge is 0.412 e. The summed E-state index contributed by atoms with van der Waals surface area (Å²) in [6.07, 6.45) is 5.57. The molecule has 0 bridgehead atoms. The predicted octanol–water partition coefficient (Wildman–Crippen LogP) is 6.21. The molecule has 2 heterocycles. The molecule has 188 valence electrons. The minimum Gasteiger partial charge on any atom is -0.444 e. The summed E-state index contributed by atoms with van der Waals surface area (Å²) in [6, 6.07) is 18.6. The number of rotatable bonds is 7. The van der Waals surface area contributed by atoms with Gasteiger partial charge in [-0.2, -0.15) is 0 Å². The summed E-state index contributed by atoms with van der Waals surface area (Å²) in [4.78, 5) is 38.2. The van der Waals surface area contributed by atoms with Crippen LogP contribution in [0.5, 0.6) is 0 Å². The van der Waals surface area contributed by atoms with Crippen LogP contribution in [0.3, 0.4) is 0 Å². The average Bonchev–Trinajstić information content (AvgIpc) is 2.86. The highest BCUT2D eigenvalue weighted by atomic mass is 16.6. The number of nitrogens with zero attached hydrogens (tertiary/aromatic N) is 3. The third kappa shape index (κ3) is 7.30. The first-order valence-electron chi connectivity index (χ1n) is 12.1. The third-order valence-corrected chi connectivity index (χ3v) is 5.64. The number of hydrogen-bond acceptors (Lipinski definition) is 6. The van der Waals surface area contributed by atoms with Gasteiger partial charge in [-0.1, -0.05) is 18.2 Å². The first kappa shape index (κ1) is 25.7. The van der Waals surface area contributed by atoms with Crippen molar-refractivity contribution in [1.29, 1.82) is 0 Å². The molecule has 7 heteroatoms. The first-order valence-corrected chi connectivity index (χ1v) is 12.1. The lowest BCUT2D eigenvalue weighted by atomic mass is 9.97. The summed E-state index contributed by atoms with van der Waals surface area (Å²) in [5.74, 6) is 0.703. The summed E-state index contributed by atoms with van der Waals surface area (Å²) < 4.78 is 5.26. The number of anilines is 1. The van der Waals surface area contributed by atoms with Crippen LogP contribution < -0.4 is 5.32 Å². The van der Waals surface area contributed by atoms with Crippen molar-refractivity contribution in [2.24, 2.45) is 0 Å². The lowest BCUT2D eigenvalue weighted by Crippen LogP contribution is -2.27. The summed E-state index contributed by atoms with van der Waals surface area (Å²) in [5.41, 5.74) is 5.43. The van der Waals surface area contributed by atoms with Crippen molar-refractivity contribution in [3.05, 3.63) is 107 Å². The molecule has 4 aromatic rings. The van der Waals surface area contributed by atoms with E-state index in [9.17, 15) is 9.59 Å². The Hall–Kier alpha value is -4.39. The maximum Gasteiger partial charge on any atom is 0.412 e. The molecule has 0 radical (unpaired) electrons. The van der Waals surface area contributed by atoms with Crippen molar-refractivity contribution in [1.82, 2.24) is 15.0 Å². The first-order chi connectivity index (χ1) is 17.7. The van der Waals surface area contributed by atoms with Gasteiger partial charge in [0.25, 0.3) is 0 Å². The Labute approximate surface area is 217 Å². The van der Waals surface area contributed by atoms with Gasteiger partial charge in [-0.25, -0.2) is 14.8 Å². The van der Waals surface area contributed by atoms with Gasteiger partial charge < -0.3 is 4.74 Å². The van der Waals surface area contributed by atoms with E-state index >= 15 is 0 Å². The molecule has 0 fully saturated rings. The van der Waals surface area contributed by atoms with Gasteiger partial charge in [0.2, 0.25) is 0 Å². The number of aryl methyl sites for hydroxylation is 1. The molecule has 2 aromatic carbocycles. The fraction of sp³-hybridized carbons (Fsp3) is 0.233. The summed E-state index contributed by atoms with van der Waals surface area (Å²) in [7, 11) is 0. The van der Waals surface area contributed by atoms with Crippen molar-refractivity contribution in [2.75, 3.05) is 5.32 Å². The Morgan fingerprint density at radius 1 is 0.973 bits per heavy atom. The van der Waals surface area contributed by atoms with Gasteiger partial charge in [-0.3, -0.25) is 15.1 Å². The van der Waals surface area contributed by atoms with E-state index in [4.69, 9.17) is 9.72 Å². The van der Waals surface area contributed by atoms with E-state index in [2.05, 4.69) is 15.3 Å². The predicted molar refractivity (Wildman–Crippen MR) is 144 cm³/mol. The largest absolute Gasteiger partial charge is 0.444 e. The number of amides is 1. The standard InChI is InChI=1S/C30H30N4O3/c1-20-7-8-21(16-24(20)18-28-32-15-13-26(34-28)23-6-5-14-31-19-23)17-27(35)22-9-11-25(12-10-22)33-29(36)37-30(2,3)4/h5-16,19H,17-18H2,1-4H3,(H,33,36). The van der Waals surface area contributed by atoms with E-state index < -0.39 is 11.7 Å². The van der Waals surface area contributed by atoms with Gasteiger partial charge in [-0.15, -0.1) is 0 Å². The number of ether oxygens (including phenoxy) is 1. The van der Waals surface area contributed by atoms with Crippen LogP contribution in [0.25, 0.3) is 11.3 Å². The Balaban J connectivity index is 1.43. The quantitative estimate of drug-likeness (QED) is 0.307. The minimum absolute atomic E-state index is 0.00607. The highest BCUT2D eigenvalue weighted by Crippen LogP contribution is 2.20. The molecule has 0 spiro atoms. The molecule has 0 aliphatic heterocycles. The SMILES string of the molecule is Cc1ccc(CC(=O)c2ccc(NC(=O)OC(C)(C)C)cc2)cc1Cc1nccc(-c2cccnc2)n1. The summed E-state index contributed by atoms with van der Waals surface area (Å²) >= 11 is 0. The number of benzene rings is 2. The number of carbonyl (C=O) groups is 2. The number of hydrogen-bond donors (Lipinski definition) is 1. The van der Waals surface area contributed by atoms with Gasteiger partial charge in [0.05, 0.1) is 5.69 Å². The van der Waals surface area contributed by atoms with Gasteiger partial charge in [-0.05, 0) is 86.8 Å². The molecule has 7 nitrogen and oxygen atoms in total. The molecule has 2 aromatic heterocycles. The number of Topliss-reactive ketones (excluding diaryl/α,β-unsaturated/α-hetero) is 1. The topological polar surface area (TPSA) is 94.1 Å². The number of aromatic nitrogens is 3. The second kappa shape index (κ2) is 11.1. The average molecular weight is 495 g/mol. The number of ketones is 1. The van der Waals surface area contributed by atoms with E-state index in [0.717, 1.165) is 27.9 Å². The molecule has 0 aliphatic carbocycles. The van der Waals surface area contributed by atoms with Crippen LogP contribution in [0.15, 0.2) is 79.3 Å². The Bertz CT molecular complexity index is 1390. The summed E-state index contributed by atoms with van der Waals surface area (Å²) in [5, 5.41) is 2.68. The van der Waals surface area contributed by atoms with Crippen LogP contribution in [0.1, 0.15) is 53.6 Å². The highest BCUT2D eigenvalue weighted by molar-refractivity contribution is 5.98. The second-order valence-electron chi connectivity index (χ2n) is 9.84. The highest BCUT2D eigenvalue weighted by Gasteiger charge is 2.16. The van der Waals surface area contributed by atoms with E-state index in [1.54, 1.807) is 63.6 Å². The van der Waals surface area contributed by atoms with Crippen molar-refractivity contribution in [3.63, 3.8) is 0 Å². The molecule has 0 aliphatic rings. The molecule has 0 saturated carbocycles. The van der Waals surface area contributed by atoms with Gasteiger partial charge in [0, 0.05) is 48.2 Å². The number of nitrogens with one attached hydrogen (secondary N) is 1. The zero-order valence-electron chi connectivity index (χ0n) is 21.5. The molecule has 1 amide bonds. The Morgan fingerprint density at radius 2 is 1.76 bits per heavy atom. The normalized spacial score (nSPS) is 11.1. The van der Waals surface area contributed by atoms with Gasteiger partial charge >= 0.3 is 6.09 Å². The molecule has 4 rings (SSSR count). The van der Waals surface area contributed by atoms with Crippen molar-refractivity contribution >= 4 is 17.6 Å². The molecule has 1 N–H and O–H groups in total. The Kier molecular flexibility index (Phi) is 7.72. The van der Waals surface area contributed by atoms with Crippen LogP contribution in [-0.2, 0) is 17.6 Å². The zero-order valence-corrected chi connectivity index (χ0v) is 21.5. The van der Waals surface area contributed by atoms with E-state index in [1.807, 2.05) is 43.3 Å². The van der Waals surface area contributed by atoms with Crippen LogP contribution in [0.2, 0.25) is 0 Å². The van der Waals surface area contributed by atoms with Crippen LogP contribution in [0.4, 0.5) is 10.5 Å². The van der Waals surface area contributed by atoms with Crippen molar-refractivity contribution in [3.8, 4) is 11.3 Å². The monoisotopic (exact) mass is 494 g/mol. The molecule has 0 unspecified atom stereocenters. The molecular formula is C30H30N4O3. The molecule has 0 atom stereocenters. The molecule has 0 saturated heterocycles. The van der Waals surface area contributed by atoms with Gasteiger partial charge in [0.1, 0.15) is 11.4 Å². The lowest BCUT2D eigenvalue weighted by molar-refractivity contribution is 0.0635. The molecular weight excluding hydrogens is 464 g/mol. The Morgan fingerprint density at radius 3 is 2.46 bits per heavy atom. The second-order valence-corrected chi connectivity index (χ2v) is 9.84. The lowest BCUT2D eigenvalue weighted by Gasteiger charge is -2.19. The maximum atomic E-state index is 12.9. The van der Waals surface area contributed by atoms with Gasteiger partial charge in [0.15, 0.2) is 5.78 Å². The summed E-state index contributed by atoms with van der Waals surface area (Å²) in [6.45, 7) is 7.45. The van der Waals surface area contributed by atoms with Crippen molar-refractivity contribution < 1.29 is 14.3 Å².